The molecule has 0 N–H and O–H groups in total. The molecule has 1 amide bonds. The Hall–Kier alpha value is -3.39. The molecule has 0 atom stereocenters. The van der Waals surface area contributed by atoms with Crippen LogP contribution in [0.4, 0.5) is 5.69 Å². The van der Waals surface area contributed by atoms with Gasteiger partial charge in [0.1, 0.15) is 15.5 Å². The molecule has 1 aromatic heterocycles. The molecule has 0 aliphatic carbocycles. The lowest BCUT2D eigenvalue weighted by Crippen LogP contribution is -2.28. The number of hydrogen-bond donors (Lipinski definition) is 0. The molecule has 4 rings (SSSR count). The molecule has 0 unspecified atom stereocenters. The Labute approximate surface area is 176 Å². The molecular formula is C22H19NO6S. The maximum atomic E-state index is 13.4. The highest BCUT2D eigenvalue weighted by molar-refractivity contribution is 7.16. The zero-order chi connectivity index (χ0) is 21.4. The fourth-order valence-corrected chi connectivity index (χ4v) is 4.83. The number of hydrogen-bond acceptors (Lipinski definition) is 7. The molecular weight excluding hydrogens is 406 g/mol. The van der Waals surface area contributed by atoms with Gasteiger partial charge in [0.25, 0.3) is 5.91 Å². The van der Waals surface area contributed by atoms with Gasteiger partial charge in [-0.1, -0.05) is 24.3 Å². The average Bonchev–Trinajstić information content (AvgIpc) is 3.33. The zero-order valence-electron chi connectivity index (χ0n) is 16.7. The van der Waals surface area contributed by atoms with Gasteiger partial charge in [-0.25, -0.2) is 0 Å². The van der Waals surface area contributed by atoms with Gasteiger partial charge in [0.15, 0.2) is 17.8 Å². The van der Waals surface area contributed by atoms with E-state index in [1.807, 2.05) is 24.3 Å². The minimum atomic E-state index is -0.434. The van der Waals surface area contributed by atoms with Gasteiger partial charge in [-0.05, 0) is 17.4 Å². The molecule has 2 aromatic carbocycles. The summed E-state index contributed by atoms with van der Waals surface area (Å²) in [7, 11) is 2.86. The summed E-state index contributed by atoms with van der Waals surface area (Å²) in [6.07, 6.45) is 1.31. The highest BCUT2D eigenvalue weighted by Crippen LogP contribution is 2.45. The molecule has 154 valence electrons. The largest absolute Gasteiger partial charge is 0.491 e. The Bertz CT molecular complexity index is 1180. The van der Waals surface area contributed by atoms with Crippen LogP contribution in [-0.4, -0.2) is 38.9 Å². The second kappa shape index (κ2) is 7.79. The molecule has 30 heavy (non-hydrogen) atoms. The molecule has 3 aromatic rings. The van der Waals surface area contributed by atoms with Gasteiger partial charge >= 0.3 is 5.97 Å². The van der Waals surface area contributed by atoms with Crippen LogP contribution in [0.2, 0.25) is 0 Å². The quantitative estimate of drug-likeness (QED) is 0.351. The predicted molar refractivity (Wildman–Crippen MR) is 113 cm³/mol. The molecule has 0 saturated heterocycles. The van der Waals surface area contributed by atoms with Crippen LogP contribution < -0.4 is 19.1 Å². The van der Waals surface area contributed by atoms with E-state index in [1.54, 1.807) is 11.0 Å². The molecule has 0 radical (unpaired) electrons. The number of carbonyl (C=O) groups excluding carboxylic acids is 3. The fraction of sp³-hybridized carbons (Fsp3) is 0.227. The standard InChI is InChI=1S/C22H19NO6S/c1-12(25)29-17-10-16-14(13-6-4-5-7-15(13)17)8-9-23(16)22(26)21-20(28-3)19(27-2)18(11-24)30-21/h4-7,10-11H,8-9H2,1-3H3. The number of ether oxygens (including phenoxy) is 3. The van der Waals surface area contributed by atoms with E-state index >= 15 is 0 Å². The van der Waals surface area contributed by atoms with Gasteiger partial charge in [0, 0.05) is 24.9 Å². The van der Waals surface area contributed by atoms with E-state index in [1.165, 1.54) is 21.1 Å². The summed E-state index contributed by atoms with van der Waals surface area (Å²) in [5.41, 5.74) is 1.69. The van der Waals surface area contributed by atoms with Crippen molar-refractivity contribution in [1.29, 1.82) is 0 Å². The Morgan fingerprint density at radius 2 is 1.80 bits per heavy atom. The van der Waals surface area contributed by atoms with Crippen LogP contribution in [-0.2, 0) is 11.2 Å². The maximum Gasteiger partial charge on any atom is 0.308 e. The van der Waals surface area contributed by atoms with Gasteiger partial charge in [0.05, 0.1) is 19.9 Å². The van der Waals surface area contributed by atoms with Crippen molar-refractivity contribution in [3.8, 4) is 17.2 Å². The summed E-state index contributed by atoms with van der Waals surface area (Å²) in [4.78, 5) is 38.7. The van der Waals surface area contributed by atoms with Crippen molar-refractivity contribution in [2.75, 3.05) is 25.7 Å². The molecule has 1 aliphatic heterocycles. The second-order valence-corrected chi connectivity index (χ2v) is 7.75. The third-order valence-corrected chi connectivity index (χ3v) is 6.09. The van der Waals surface area contributed by atoms with E-state index in [0.717, 1.165) is 27.7 Å². The monoisotopic (exact) mass is 425 g/mol. The predicted octanol–water partition coefficient (Wildman–Crippen LogP) is 3.86. The topological polar surface area (TPSA) is 82.1 Å². The first-order valence-electron chi connectivity index (χ1n) is 9.25. The number of methoxy groups -OCH3 is 2. The number of thiophene rings is 1. The van der Waals surface area contributed by atoms with Crippen LogP contribution in [0.1, 0.15) is 31.8 Å². The van der Waals surface area contributed by atoms with E-state index in [2.05, 4.69) is 0 Å². The molecule has 1 aliphatic rings. The van der Waals surface area contributed by atoms with E-state index in [4.69, 9.17) is 14.2 Å². The van der Waals surface area contributed by atoms with Gasteiger partial charge in [0.2, 0.25) is 0 Å². The number of anilines is 1. The van der Waals surface area contributed by atoms with E-state index in [-0.39, 0.29) is 27.2 Å². The van der Waals surface area contributed by atoms with Crippen molar-refractivity contribution < 1.29 is 28.6 Å². The first-order valence-corrected chi connectivity index (χ1v) is 10.1. The number of carbonyl (C=O) groups is 3. The number of fused-ring (bicyclic) bond motifs is 3. The first-order chi connectivity index (χ1) is 14.5. The Balaban J connectivity index is 1.85. The summed E-state index contributed by atoms with van der Waals surface area (Å²) < 4.78 is 16.1. The molecule has 8 heteroatoms. The Morgan fingerprint density at radius 1 is 1.10 bits per heavy atom. The Morgan fingerprint density at radius 3 is 2.43 bits per heavy atom. The summed E-state index contributed by atoms with van der Waals surface area (Å²) in [6, 6.07) is 9.36. The lowest BCUT2D eigenvalue weighted by Gasteiger charge is -2.19. The fourth-order valence-electron chi connectivity index (χ4n) is 3.82. The third kappa shape index (κ3) is 3.09. The van der Waals surface area contributed by atoms with Crippen LogP contribution in [0.15, 0.2) is 30.3 Å². The molecule has 0 bridgehead atoms. The van der Waals surface area contributed by atoms with Crippen LogP contribution in [0.3, 0.4) is 0 Å². The highest BCUT2D eigenvalue weighted by Gasteiger charge is 2.33. The number of esters is 1. The van der Waals surface area contributed by atoms with Crippen molar-refractivity contribution >= 4 is 46.0 Å². The van der Waals surface area contributed by atoms with Crippen LogP contribution in [0.25, 0.3) is 10.8 Å². The average molecular weight is 425 g/mol. The highest BCUT2D eigenvalue weighted by atomic mass is 32.1. The van der Waals surface area contributed by atoms with Gasteiger partial charge in [-0.15, -0.1) is 11.3 Å². The summed E-state index contributed by atoms with van der Waals surface area (Å²) in [5, 5.41) is 1.75. The lowest BCUT2D eigenvalue weighted by atomic mass is 10.0. The van der Waals surface area contributed by atoms with Crippen molar-refractivity contribution in [3.05, 3.63) is 45.6 Å². The van der Waals surface area contributed by atoms with Crippen LogP contribution in [0, 0.1) is 0 Å². The summed E-state index contributed by atoms with van der Waals surface area (Å²) in [6.45, 7) is 1.80. The maximum absolute atomic E-state index is 13.4. The molecule has 7 nitrogen and oxygen atoms in total. The van der Waals surface area contributed by atoms with Crippen molar-refractivity contribution in [2.45, 2.75) is 13.3 Å². The SMILES string of the molecule is COc1c(C=O)sc(C(=O)N2CCc3c2cc(OC(C)=O)c2ccccc32)c1OC. The number of benzene rings is 2. The molecule has 2 heterocycles. The van der Waals surface area contributed by atoms with Crippen molar-refractivity contribution in [1.82, 2.24) is 0 Å². The number of amides is 1. The van der Waals surface area contributed by atoms with E-state index < -0.39 is 5.97 Å². The molecule has 0 spiro atoms. The van der Waals surface area contributed by atoms with Gasteiger partial charge in [-0.2, -0.15) is 0 Å². The minimum absolute atomic E-state index is 0.240. The number of rotatable bonds is 5. The Kier molecular flexibility index (Phi) is 5.17. The van der Waals surface area contributed by atoms with Crippen molar-refractivity contribution in [3.63, 3.8) is 0 Å². The third-order valence-electron chi connectivity index (χ3n) is 5.03. The molecule has 0 fully saturated rings. The van der Waals surface area contributed by atoms with Crippen LogP contribution >= 0.6 is 11.3 Å². The smallest absolute Gasteiger partial charge is 0.308 e. The van der Waals surface area contributed by atoms with E-state index in [0.29, 0.717) is 30.7 Å². The minimum Gasteiger partial charge on any atom is -0.491 e. The summed E-state index contributed by atoms with van der Waals surface area (Å²) >= 11 is 1.03. The van der Waals surface area contributed by atoms with Crippen molar-refractivity contribution in [2.24, 2.45) is 0 Å². The van der Waals surface area contributed by atoms with Gasteiger partial charge < -0.3 is 19.1 Å². The zero-order valence-corrected chi connectivity index (χ0v) is 17.5. The van der Waals surface area contributed by atoms with Gasteiger partial charge in [-0.3, -0.25) is 14.4 Å². The van der Waals surface area contributed by atoms with E-state index in [9.17, 15) is 14.4 Å². The number of aldehydes is 1. The summed E-state index contributed by atoms with van der Waals surface area (Å²) in [5.74, 6) is 0.159. The molecule has 0 saturated carbocycles. The normalized spacial score (nSPS) is 12.6. The lowest BCUT2D eigenvalue weighted by molar-refractivity contribution is -0.131. The second-order valence-electron chi connectivity index (χ2n) is 6.70. The first kappa shape index (κ1) is 19.9. The number of nitrogens with zero attached hydrogens (tertiary/aromatic N) is 1. The van der Waals surface area contributed by atoms with Crippen LogP contribution in [0.5, 0.6) is 17.2 Å².